The van der Waals surface area contributed by atoms with Gasteiger partial charge in [-0.05, 0) is 31.6 Å². The van der Waals surface area contributed by atoms with Crippen LogP contribution in [0, 0.1) is 5.82 Å². The molecule has 1 atom stereocenters. The maximum Gasteiger partial charge on any atom is 0.141 e. The first kappa shape index (κ1) is 17.0. The average molecular weight is 283 g/mol. The van der Waals surface area contributed by atoms with Crippen LogP contribution < -0.4 is 5.32 Å². The summed E-state index contributed by atoms with van der Waals surface area (Å²) in [6.07, 6.45) is 1.89. The number of nitrogens with zero attached hydrogens (tertiary/aromatic N) is 2. The number of pyridine rings is 1. The van der Waals surface area contributed by atoms with Crippen LogP contribution in [0.4, 0.5) is 4.39 Å². The molecule has 0 saturated carbocycles. The third-order valence-corrected chi connectivity index (χ3v) is 3.88. The molecule has 0 aliphatic rings. The van der Waals surface area contributed by atoms with E-state index >= 15 is 0 Å². The third kappa shape index (κ3) is 4.23. The second-order valence-corrected chi connectivity index (χ2v) is 4.91. The highest BCUT2D eigenvalue weighted by molar-refractivity contribution is 5.16. The minimum Gasteiger partial charge on any atom is -0.394 e. The van der Waals surface area contributed by atoms with Gasteiger partial charge in [0.05, 0.1) is 24.0 Å². The van der Waals surface area contributed by atoms with Gasteiger partial charge in [0, 0.05) is 13.1 Å². The first-order chi connectivity index (χ1) is 9.61. The van der Waals surface area contributed by atoms with Crippen molar-refractivity contribution in [2.24, 2.45) is 0 Å². The maximum atomic E-state index is 13.0. The zero-order valence-electron chi connectivity index (χ0n) is 12.7. The highest BCUT2D eigenvalue weighted by Crippen LogP contribution is 2.22. The Kier molecular flexibility index (Phi) is 7.05. The number of rotatable bonds is 9. The second kappa shape index (κ2) is 8.29. The summed E-state index contributed by atoms with van der Waals surface area (Å²) in [5, 5.41) is 13.2. The third-order valence-electron chi connectivity index (χ3n) is 3.88. The lowest BCUT2D eigenvalue weighted by Crippen LogP contribution is -2.48. The zero-order chi connectivity index (χ0) is 15.0. The molecule has 0 amide bonds. The number of aromatic nitrogens is 1. The van der Waals surface area contributed by atoms with Crippen molar-refractivity contribution in [2.45, 2.75) is 32.7 Å². The molecule has 20 heavy (non-hydrogen) atoms. The molecule has 0 aliphatic carbocycles. The van der Waals surface area contributed by atoms with Gasteiger partial charge in [-0.2, -0.15) is 0 Å². The minimum absolute atomic E-state index is 0.0552. The molecule has 1 unspecified atom stereocenters. The van der Waals surface area contributed by atoms with Gasteiger partial charge < -0.3 is 15.3 Å². The van der Waals surface area contributed by atoms with Gasteiger partial charge in [0.25, 0.3) is 0 Å². The number of likely N-dealkylation sites (N-methyl/N-ethyl adjacent to an activating group) is 1. The van der Waals surface area contributed by atoms with E-state index in [1.54, 1.807) is 6.07 Å². The normalized spacial score (nSPS) is 14.5. The molecule has 2 N–H and O–H groups in total. The fourth-order valence-corrected chi connectivity index (χ4v) is 2.30. The first-order valence-corrected chi connectivity index (χ1v) is 7.32. The van der Waals surface area contributed by atoms with Crippen molar-refractivity contribution in [3.05, 3.63) is 29.8 Å². The summed E-state index contributed by atoms with van der Waals surface area (Å²) >= 11 is 0. The molecule has 1 aromatic heterocycles. The van der Waals surface area contributed by atoms with Crippen molar-refractivity contribution in [3.8, 4) is 0 Å². The Bertz CT molecular complexity index is 375. The molecule has 0 aliphatic heterocycles. The van der Waals surface area contributed by atoms with Gasteiger partial charge in [-0.25, -0.2) is 4.39 Å². The molecule has 0 spiro atoms. The molecule has 0 radical (unpaired) electrons. The fraction of sp³-hybridized carbons (Fsp3) is 0.667. The van der Waals surface area contributed by atoms with Crippen LogP contribution in [0.25, 0.3) is 0 Å². The number of aliphatic hydroxyl groups is 1. The van der Waals surface area contributed by atoms with Gasteiger partial charge >= 0.3 is 0 Å². The Morgan fingerprint density at radius 2 is 2.00 bits per heavy atom. The van der Waals surface area contributed by atoms with Gasteiger partial charge in [0.1, 0.15) is 5.82 Å². The molecule has 1 rings (SSSR count). The Morgan fingerprint density at radius 1 is 1.30 bits per heavy atom. The van der Waals surface area contributed by atoms with Gasteiger partial charge in [0.15, 0.2) is 0 Å². The van der Waals surface area contributed by atoms with Gasteiger partial charge in [0.2, 0.25) is 0 Å². The number of aliphatic hydroxyl groups excluding tert-OH is 1. The lowest BCUT2D eigenvalue weighted by molar-refractivity contribution is 0.146. The predicted molar refractivity (Wildman–Crippen MR) is 79.0 cm³/mol. The van der Waals surface area contributed by atoms with Gasteiger partial charge in [-0.1, -0.05) is 20.8 Å². The van der Waals surface area contributed by atoms with Crippen LogP contribution >= 0.6 is 0 Å². The van der Waals surface area contributed by atoms with Crippen molar-refractivity contribution in [2.75, 3.05) is 32.8 Å². The van der Waals surface area contributed by atoms with Crippen LogP contribution in [0.15, 0.2) is 18.3 Å². The van der Waals surface area contributed by atoms with E-state index in [2.05, 4.69) is 29.0 Å². The first-order valence-electron chi connectivity index (χ1n) is 7.32. The molecule has 0 fully saturated rings. The fourth-order valence-electron chi connectivity index (χ4n) is 2.30. The van der Waals surface area contributed by atoms with E-state index in [9.17, 15) is 9.50 Å². The molecule has 0 saturated heterocycles. The van der Waals surface area contributed by atoms with Crippen LogP contribution in [0.1, 0.15) is 32.9 Å². The van der Waals surface area contributed by atoms with E-state index in [-0.39, 0.29) is 12.4 Å². The Hall–Kier alpha value is -1.04. The highest BCUT2D eigenvalue weighted by atomic mass is 19.1. The summed E-state index contributed by atoms with van der Waals surface area (Å²) in [6, 6.07) is 3.02. The summed E-state index contributed by atoms with van der Waals surface area (Å²) in [6.45, 7) is 9.88. The molecule has 4 nitrogen and oxygen atoms in total. The molecular formula is C15H26FN3O. The largest absolute Gasteiger partial charge is 0.394 e. The summed E-state index contributed by atoms with van der Waals surface area (Å²) in [5.41, 5.74) is 0.0874. The predicted octanol–water partition coefficient (Wildman–Crippen LogP) is 1.75. The standard InChI is InChI=1S/C15H26FN3O/c1-4-15(12-20,14-8-7-13(16)11-17-14)18-9-10-19(5-2)6-3/h7-8,11,18,20H,4-6,9-10,12H2,1-3H3. The topological polar surface area (TPSA) is 48.4 Å². The molecule has 0 aromatic carbocycles. The minimum atomic E-state index is -0.596. The molecule has 114 valence electrons. The van der Waals surface area contributed by atoms with Crippen LogP contribution in [-0.4, -0.2) is 47.8 Å². The van der Waals surface area contributed by atoms with Crippen LogP contribution in [0.5, 0.6) is 0 Å². The maximum absolute atomic E-state index is 13.0. The summed E-state index contributed by atoms with van der Waals surface area (Å²) < 4.78 is 13.0. The quantitative estimate of drug-likeness (QED) is 0.725. The van der Waals surface area contributed by atoms with E-state index in [0.29, 0.717) is 12.1 Å². The molecule has 0 bridgehead atoms. The van der Waals surface area contributed by atoms with Crippen LogP contribution in [0.2, 0.25) is 0 Å². The van der Waals surface area contributed by atoms with Crippen molar-refractivity contribution in [3.63, 3.8) is 0 Å². The van der Waals surface area contributed by atoms with Gasteiger partial charge in [-0.3, -0.25) is 4.98 Å². The number of halogens is 1. The summed E-state index contributed by atoms with van der Waals surface area (Å²) in [4.78, 5) is 6.43. The van der Waals surface area contributed by atoms with Crippen molar-refractivity contribution in [1.29, 1.82) is 0 Å². The summed E-state index contributed by atoms with van der Waals surface area (Å²) in [7, 11) is 0. The van der Waals surface area contributed by atoms with E-state index < -0.39 is 5.54 Å². The second-order valence-electron chi connectivity index (χ2n) is 4.91. The Labute approximate surface area is 121 Å². The number of hydrogen-bond donors (Lipinski definition) is 2. The van der Waals surface area contributed by atoms with E-state index in [1.807, 2.05) is 6.92 Å². The van der Waals surface area contributed by atoms with Gasteiger partial charge in [-0.15, -0.1) is 0 Å². The average Bonchev–Trinajstić information content (AvgIpc) is 2.49. The lowest BCUT2D eigenvalue weighted by atomic mass is 9.92. The number of nitrogens with one attached hydrogen (secondary N) is 1. The summed E-state index contributed by atoms with van der Waals surface area (Å²) in [5.74, 6) is -0.361. The highest BCUT2D eigenvalue weighted by Gasteiger charge is 2.30. The monoisotopic (exact) mass is 283 g/mol. The molecular weight excluding hydrogens is 257 g/mol. The Morgan fingerprint density at radius 3 is 2.45 bits per heavy atom. The molecule has 1 aromatic rings. The Balaban J connectivity index is 2.74. The van der Waals surface area contributed by atoms with E-state index in [0.717, 1.165) is 26.2 Å². The van der Waals surface area contributed by atoms with Crippen LogP contribution in [-0.2, 0) is 5.54 Å². The molecule has 1 heterocycles. The van der Waals surface area contributed by atoms with Crippen molar-refractivity contribution >= 4 is 0 Å². The zero-order valence-corrected chi connectivity index (χ0v) is 12.7. The molecule has 5 heteroatoms. The smallest absolute Gasteiger partial charge is 0.141 e. The number of hydrogen-bond acceptors (Lipinski definition) is 4. The SMILES string of the molecule is CCN(CC)CCNC(CC)(CO)c1ccc(F)cn1. The van der Waals surface area contributed by atoms with E-state index in [1.165, 1.54) is 12.3 Å². The van der Waals surface area contributed by atoms with Crippen molar-refractivity contribution < 1.29 is 9.50 Å². The van der Waals surface area contributed by atoms with Crippen LogP contribution in [0.3, 0.4) is 0 Å². The van der Waals surface area contributed by atoms with E-state index in [4.69, 9.17) is 0 Å². The lowest BCUT2D eigenvalue weighted by Gasteiger charge is -2.32. The van der Waals surface area contributed by atoms with Crippen molar-refractivity contribution in [1.82, 2.24) is 15.2 Å².